The van der Waals surface area contributed by atoms with Crippen LogP contribution in [0.2, 0.25) is 0 Å². The summed E-state index contributed by atoms with van der Waals surface area (Å²) in [6.07, 6.45) is 4.73. The summed E-state index contributed by atoms with van der Waals surface area (Å²) >= 11 is 0. The Hall–Kier alpha value is -1.15. The highest BCUT2D eigenvalue weighted by Crippen LogP contribution is 2.19. The van der Waals surface area contributed by atoms with E-state index in [1.807, 2.05) is 12.1 Å². The van der Waals surface area contributed by atoms with E-state index >= 15 is 0 Å². The maximum absolute atomic E-state index is 13.1. The van der Waals surface area contributed by atoms with Gasteiger partial charge < -0.3 is 5.32 Å². The number of aryl methyl sites for hydroxylation is 1. The minimum atomic E-state index is -0.133. The molecule has 0 unspecified atom stereocenters. The number of rotatable bonds is 4. The van der Waals surface area contributed by atoms with Crippen molar-refractivity contribution in [2.45, 2.75) is 32.7 Å². The van der Waals surface area contributed by atoms with Gasteiger partial charge in [0.15, 0.2) is 0 Å². The smallest absolute Gasteiger partial charge is 0.126 e. The molecule has 0 aliphatic heterocycles. The highest BCUT2D eigenvalue weighted by molar-refractivity contribution is 5.53. The summed E-state index contributed by atoms with van der Waals surface area (Å²) in [5.41, 5.74) is 3.07. The summed E-state index contributed by atoms with van der Waals surface area (Å²) in [5, 5.41) is 3.46. The molecule has 2 rings (SSSR count). The molecule has 1 aromatic carbocycles. The molecule has 0 atom stereocenters. The summed E-state index contributed by atoms with van der Waals surface area (Å²) in [6.45, 7) is 4.83. The zero-order valence-corrected chi connectivity index (χ0v) is 9.89. The molecule has 1 nitrogen and oxygen atoms in total. The van der Waals surface area contributed by atoms with Crippen LogP contribution >= 0.6 is 0 Å². The molecule has 16 heavy (non-hydrogen) atoms. The van der Waals surface area contributed by atoms with E-state index in [0.29, 0.717) is 5.56 Å². The van der Waals surface area contributed by atoms with E-state index in [9.17, 15) is 4.39 Å². The summed E-state index contributed by atoms with van der Waals surface area (Å²) in [7, 11) is 0. The van der Waals surface area contributed by atoms with Crippen molar-refractivity contribution in [1.29, 1.82) is 0 Å². The Balaban J connectivity index is 1.99. The number of hydrogen-bond donors (Lipinski definition) is 1. The molecule has 1 saturated carbocycles. The summed E-state index contributed by atoms with van der Waals surface area (Å²) in [6, 6.07) is 5.97. The molecule has 0 heterocycles. The lowest BCUT2D eigenvalue weighted by atomic mass is 10.1. The van der Waals surface area contributed by atoms with Crippen LogP contribution in [0.25, 0.3) is 6.08 Å². The van der Waals surface area contributed by atoms with E-state index in [4.69, 9.17) is 0 Å². The number of benzene rings is 1. The van der Waals surface area contributed by atoms with Crippen LogP contribution in [-0.2, 0) is 0 Å². The summed E-state index contributed by atoms with van der Waals surface area (Å²) in [4.78, 5) is 0. The quantitative estimate of drug-likeness (QED) is 0.819. The molecule has 86 valence electrons. The zero-order chi connectivity index (χ0) is 11.5. The van der Waals surface area contributed by atoms with E-state index in [0.717, 1.165) is 18.2 Å². The average Bonchev–Trinajstić information content (AvgIpc) is 3.04. The van der Waals surface area contributed by atoms with Crippen LogP contribution in [0.15, 0.2) is 23.8 Å². The predicted octanol–water partition coefficient (Wildman–Crippen LogP) is 3.29. The van der Waals surface area contributed by atoms with E-state index in [-0.39, 0.29) is 5.82 Å². The van der Waals surface area contributed by atoms with Crippen LogP contribution in [0.4, 0.5) is 4.39 Å². The SMILES string of the molecule is CC(=Cc1ccc(F)c(C)c1)CNC1CC1. The molecule has 0 radical (unpaired) electrons. The molecule has 0 aromatic heterocycles. The molecule has 2 heteroatoms. The Bertz CT molecular complexity index is 405. The number of halogens is 1. The zero-order valence-electron chi connectivity index (χ0n) is 9.89. The average molecular weight is 219 g/mol. The topological polar surface area (TPSA) is 12.0 Å². The van der Waals surface area contributed by atoms with E-state index < -0.39 is 0 Å². The fraction of sp³-hybridized carbons (Fsp3) is 0.429. The maximum Gasteiger partial charge on any atom is 0.126 e. The van der Waals surface area contributed by atoms with Gasteiger partial charge in [-0.25, -0.2) is 4.39 Å². The van der Waals surface area contributed by atoms with E-state index in [1.54, 1.807) is 6.92 Å². The van der Waals surface area contributed by atoms with Gasteiger partial charge >= 0.3 is 0 Å². The van der Waals surface area contributed by atoms with Crippen molar-refractivity contribution in [2.24, 2.45) is 0 Å². The van der Waals surface area contributed by atoms with Crippen LogP contribution < -0.4 is 5.32 Å². The van der Waals surface area contributed by atoms with Crippen molar-refractivity contribution in [1.82, 2.24) is 5.32 Å². The Morgan fingerprint density at radius 2 is 2.25 bits per heavy atom. The Labute approximate surface area is 96.4 Å². The third kappa shape index (κ3) is 3.17. The molecule has 0 amide bonds. The van der Waals surface area contributed by atoms with E-state index in [1.165, 1.54) is 24.5 Å². The molecular formula is C14H18FN. The van der Waals surface area contributed by atoms with Gasteiger partial charge in [-0.1, -0.05) is 17.7 Å². The lowest BCUT2D eigenvalue weighted by Gasteiger charge is -2.04. The van der Waals surface area contributed by atoms with Crippen LogP contribution in [0, 0.1) is 12.7 Å². The Kier molecular flexibility index (Phi) is 3.39. The third-order valence-electron chi connectivity index (χ3n) is 2.84. The lowest BCUT2D eigenvalue weighted by molar-refractivity contribution is 0.618. The normalized spacial score (nSPS) is 16.6. The first kappa shape index (κ1) is 11.3. The van der Waals surface area contributed by atoms with Crippen LogP contribution in [0.1, 0.15) is 30.9 Å². The van der Waals surface area contributed by atoms with Crippen LogP contribution in [0.3, 0.4) is 0 Å². The second-order valence-electron chi connectivity index (χ2n) is 4.65. The van der Waals surface area contributed by atoms with Gasteiger partial charge in [-0.15, -0.1) is 0 Å². The highest BCUT2D eigenvalue weighted by atomic mass is 19.1. The van der Waals surface area contributed by atoms with Crippen molar-refractivity contribution in [3.05, 3.63) is 40.7 Å². The van der Waals surface area contributed by atoms with Crippen molar-refractivity contribution in [3.63, 3.8) is 0 Å². The second kappa shape index (κ2) is 4.79. The van der Waals surface area contributed by atoms with Gasteiger partial charge in [-0.2, -0.15) is 0 Å². The van der Waals surface area contributed by atoms with Gasteiger partial charge in [-0.3, -0.25) is 0 Å². The molecule has 1 N–H and O–H groups in total. The van der Waals surface area contributed by atoms with Crippen molar-refractivity contribution in [3.8, 4) is 0 Å². The molecular weight excluding hydrogens is 201 g/mol. The van der Waals surface area contributed by atoms with Crippen LogP contribution in [-0.4, -0.2) is 12.6 Å². The summed E-state index contributed by atoms with van der Waals surface area (Å²) < 4.78 is 13.1. The molecule has 1 aromatic rings. The van der Waals surface area contributed by atoms with Gasteiger partial charge in [0.1, 0.15) is 5.82 Å². The third-order valence-corrected chi connectivity index (χ3v) is 2.84. The molecule has 0 spiro atoms. The molecule has 0 bridgehead atoms. The second-order valence-corrected chi connectivity index (χ2v) is 4.65. The molecule has 1 aliphatic carbocycles. The fourth-order valence-electron chi connectivity index (χ4n) is 1.69. The number of hydrogen-bond acceptors (Lipinski definition) is 1. The minimum Gasteiger partial charge on any atom is -0.310 e. The van der Waals surface area contributed by atoms with Crippen molar-refractivity contribution >= 4 is 6.08 Å². The van der Waals surface area contributed by atoms with Gasteiger partial charge in [0.05, 0.1) is 0 Å². The monoisotopic (exact) mass is 219 g/mol. The first-order valence-corrected chi connectivity index (χ1v) is 5.82. The fourth-order valence-corrected chi connectivity index (χ4v) is 1.69. The van der Waals surface area contributed by atoms with Crippen LogP contribution in [0.5, 0.6) is 0 Å². The van der Waals surface area contributed by atoms with Gasteiger partial charge in [-0.05, 0) is 49.9 Å². The van der Waals surface area contributed by atoms with Crippen molar-refractivity contribution < 1.29 is 4.39 Å². The van der Waals surface area contributed by atoms with Gasteiger partial charge in [0.2, 0.25) is 0 Å². The first-order chi connectivity index (χ1) is 7.65. The van der Waals surface area contributed by atoms with E-state index in [2.05, 4.69) is 18.3 Å². The Morgan fingerprint density at radius 1 is 1.50 bits per heavy atom. The first-order valence-electron chi connectivity index (χ1n) is 5.82. The minimum absolute atomic E-state index is 0.133. The lowest BCUT2D eigenvalue weighted by Crippen LogP contribution is -2.18. The standard InChI is InChI=1S/C14H18FN/c1-10(9-16-13-4-5-13)7-12-3-6-14(15)11(2)8-12/h3,6-8,13,16H,4-5,9H2,1-2H3. The van der Waals surface area contributed by atoms with Gasteiger partial charge in [0.25, 0.3) is 0 Å². The predicted molar refractivity (Wildman–Crippen MR) is 65.8 cm³/mol. The summed E-state index contributed by atoms with van der Waals surface area (Å²) in [5.74, 6) is -0.133. The van der Waals surface area contributed by atoms with Gasteiger partial charge in [0, 0.05) is 12.6 Å². The molecule has 0 saturated heterocycles. The number of nitrogens with one attached hydrogen (secondary N) is 1. The Morgan fingerprint density at radius 3 is 2.88 bits per heavy atom. The largest absolute Gasteiger partial charge is 0.310 e. The molecule has 1 fully saturated rings. The van der Waals surface area contributed by atoms with Crippen molar-refractivity contribution in [2.75, 3.05) is 6.54 Å². The molecule has 1 aliphatic rings. The highest BCUT2D eigenvalue weighted by Gasteiger charge is 2.19. The maximum atomic E-state index is 13.1.